The molecule has 0 spiro atoms. The third-order valence-electron chi connectivity index (χ3n) is 2.70. The van der Waals surface area contributed by atoms with Gasteiger partial charge >= 0.3 is 0 Å². The van der Waals surface area contributed by atoms with E-state index < -0.39 is 0 Å². The van der Waals surface area contributed by atoms with Crippen molar-refractivity contribution < 1.29 is 9.84 Å². The molecular weight excluding hydrogens is 214 g/mol. The van der Waals surface area contributed by atoms with E-state index >= 15 is 0 Å². The zero-order chi connectivity index (χ0) is 12.5. The van der Waals surface area contributed by atoms with Crippen molar-refractivity contribution in [2.24, 2.45) is 0 Å². The second-order valence-corrected chi connectivity index (χ2v) is 4.20. The molecule has 0 aliphatic rings. The molecule has 0 bridgehead atoms. The summed E-state index contributed by atoms with van der Waals surface area (Å²) in [7, 11) is 0. The van der Waals surface area contributed by atoms with E-state index in [1.54, 1.807) is 0 Å². The van der Waals surface area contributed by atoms with Gasteiger partial charge in [0, 0.05) is 18.7 Å². The van der Waals surface area contributed by atoms with Gasteiger partial charge in [0.05, 0.1) is 6.10 Å². The summed E-state index contributed by atoms with van der Waals surface area (Å²) >= 11 is 0. The first-order chi connectivity index (χ1) is 8.27. The minimum Gasteiger partial charge on any atom is -0.490 e. The summed E-state index contributed by atoms with van der Waals surface area (Å²) in [4.78, 5) is 0. The molecule has 0 amide bonds. The molecule has 0 radical (unpaired) electrons. The Bertz CT molecular complexity index is 315. The first-order valence-electron chi connectivity index (χ1n) is 6.34. The molecule has 0 aromatic heterocycles. The third kappa shape index (κ3) is 5.20. The Morgan fingerprint density at radius 1 is 1.35 bits per heavy atom. The van der Waals surface area contributed by atoms with Gasteiger partial charge in [0.1, 0.15) is 5.75 Å². The van der Waals surface area contributed by atoms with E-state index in [2.05, 4.69) is 25.2 Å². The highest BCUT2D eigenvalue weighted by atomic mass is 16.5. The average Bonchev–Trinajstić information content (AvgIpc) is 2.36. The molecule has 0 aliphatic carbocycles. The van der Waals surface area contributed by atoms with E-state index in [9.17, 15) is 0 Å². The first kappa shape index (κ1) is 14.0. The molecule has 0 saturated carbocycles. The van der Waals surface area contributed by atoms with Crippen molar-refractivity contribution in [3.05, 3.63) is 29.8 Å². The number of aliphatic hydroxyl groups is 1. The van der Waals surface area contributed by atoms with Crippen molar-refractivity contribution in [2.75, 3.05) is 13.2 Å². The number of rotatable bonds is 8. The van der Waals surface area contributed by atoms with Crippen LogP contribution >= 0.6 is 0 Å². The Morgan fingerprint density at radius 2 is 2.12 bits per heavy atom. The second-order valence-electron chi connectivity index (χ2n) is 4.20. The van der Waals surface area contributed by atoms with E-state index in [4.69, 9.17) is 9.84 Å². The van der Waals surface area contributed by atoms with Crippen molar-refractivity contribution in [3.8, 4) is 5.75 Å². The smallest absolute Gasteiger partial charge is 0.124 e. The molecule has 96 valence electrons. The Morgan fingerprint density at radius 3 is 2.82 bits per heavy atom. The van der Waals surface area contributed by atoms with Gasteiger partial charge in [0.15, 0.2) is 0 Å². The number of para-hydroxylation sites is 1. The van der Waals surface area contributed by atoms with E-state index in [-0.39, 0.29) is 12.7 Å². The zero-order valence-electron chi connectivity index (χ0n) is 10.8. The predicted octanol–water partition coefficient (Wildman–Crippen LogP) is 2.34. The highest BCUT2D eigenvalue weighted by Gasteiger charge is 2.05. The van der Waals surface area contributed by atoms with Gasteiger partial charge in [0.2, 0.25) is 0 Å². The maximum atomic E-state index is 8.70. The molecule has 0 fully saturated rings. The van der Waals surface area contributed by atoms with Gasteiger partial charge in [-0.15, -0.1) is 0 Å². The maximum absolute atomic E-state index is 8.70. The van der Waals surface area contributed by atoms with Crippen LogP contribution in [0.2, 0.25) is 0 Å². The van der Waals surface area contributed by atoms with Crippen LogP contribution < -0.4 is 10.1 Å². The number of hydrogen-bond acceptors (Lipinski definition) is 3. The summed E-state index contributed by atoms with van der Waals surface area (Å²) in [6.45, 7) is 6.04. The van der Waals surface area contributed by atoms with Crippen LogP contribution in [0.25, 0.3) is 0 Å². The first-order valence-corrected chi connectivity index (χ1v) is 6.34. The standard InChI is InChI=1S/C14H23NO2/c1-3-12(2)17-14-8-5-4-7-13(14)11-15-9-6-10-16/h4-5,7-8,12,15-16H,3,6,9-11H2,1-2H3. The van der Waals surface area contributed by atoms with Crippen LogP contribution in [0.4, 0.5) is 0 Å². The predicted molar refractivity (Wildman–Crippen MR) is 70.2 cm³/mol. The van der Waals surface area contributed by atoms with Gasteiger partial charge in [-0.25, -0.2) is 0 Å². The van der Waals surface area contributed by atoms with Crippen LogP contribution in [0.3, 0.4) is 0 Å². The lowest BCUT2D eigenvalue weighted by Crippen LogP contribution is -2.17. The molecule has 1 atom stereocenters. The molecule has 3 nitrogen and oxygen atoms in total. The van der Waals surface area contributed by atoms with E-state index in [0.29, 0.717) is 0 Å². The number of ether oxygens (including phenoxy) is 1. The summed E-state index contributed by atoms with van der Waals surface area (Å²) in [5.41, 5.74) is 1.17. The second kappa shape index (κ2) is 8.09. The van der Waals surface area contributed by atoms with Crippen LogP contribution in [0, 0.1) is 0 Å². The van der Waals surface area contributed by atoms with Gasteiger partial charge in [-0.05, 0) is 32.4 Å². The largest absolute Gasteiger partial charge is 0.490 e. The number of benzene rings is 1. The van der Waals surface area contributed by atoms with Gasteiger partial charge in [-0.3, -0.25) is 0 Å². The number of hydrogen-bond donors (Lipinski definition) is 2. The highest BCUT2D eigenvalue weighted by Crippen LogP contribution is 2.19. The van der Waals surface area contributed by atoms with E-state index in [0.717, 1.165) is 31.7 Å². The Hall–Kier alpha value is -1.06. The minimum atomic E-state index is 0.234. The summed E-state index contributed by atoms with van der Waals surface area (Å²) in [6.07, 6.45) is 2.04. The molecule has 1 aromatic carbocycles. The minimum absolute atomic E-state index is 0.234. The molecular formula is C14H23NO2. The quantitative estimate of drug-likeness (QED) is 0.682. The summed E-state index contributed by atoms with van der Waals surface area (Å²) in [5.74, 6) is 0.957. The fourth-order valence-corrected chi connectivity index (χ4v) is 1.49. The topological polar surface area (TPSA) is 41.5 Å². The van der Waals surface area contributed by atoms with Crippen LogP contribution in [0.5, 0.6) is 5.75 Å². The Labute approximate surface area is 104 Å². The van der Waals surface area contributed by atoms with Crippen molar-refractivity contribution >= 4 is 0 Å². The van der Waals surface area contributed by atoms with Gasteiger partial charge in [-0.1, -0.05) is 25.1 Å². The van der Waals surface area contributed by atoms with Crippen LogP contribution in [-0.2, 0) is 6.54 Å². The number of nitrogens with one attached hydrogen (secondary N) is 1. The lowest BCUT2D eigenvalue weighted by atomic mass is 10.2. The molecule has 2 N–H and O–H groups in total. The van der Waals surface area contributed by atoms with Crippen LogP contribution in [0.1, 0.15) is 32.3 Å². The van der Waals surface area contributed by atoms with Crippen molar-refractivity contribution in [1.29, 1.82) is 0 Å². The molecule has 0 aliphatic heterocycles. The van der Waals surface area contributed by atoms with Gasteiger partial charge in [-0.2, -0.15) is 0 Å². The SMILES string of the molecule is CCC(C)Oc1ccccc1CNCCCO. The van der Waals surface area contributed by atoms with Crippen molar-refractivity contribution in [3.63, 3.8) is 0 Å². The molecule has 1 rings (SSSR count). The molecule has 1 unspecified atom stereocenters. The van der Waals surface area contributed by atoms with E-state index in [1.165, 1.54) is 5.56 Å². The lowest BCUT2D eigenvalue weighted by molar-refractivity contribution is 0.215. The Kier molecular flexibility index (Phi) is 6.67. The third-order valence-corrected chi connectivity index (χ3v) is 2.70. The fourth-order valence-electron chi connectivity index (χ4n) is 1.49. The molecule has 1 aromatic rings. The Balaban J connectivity index is 2.51. The summed E-state index contributed by atoms with van der Waals surface area (Å²) < 4.78 is 5.86. The summed E-state index contributed by atoms with van der Waals surface area (Å²) in [5, 5.41) is 12.0. The average molecular weight is 237 g/mol. The zero-order valence-corrected chi connectivity index (χ0v) is 10.8. The van der Waals surface area contributed by atoms with Gasteiger partial charge < -0.3 is 15.2 Å². The molecule has 0 saturated heterocycles. The lowest BCUT2D eigenvalue weighted by Gasteiger charge is -2.16. The summed E-state index contributed by atoms with van der Waals surface area (Å²) in [6, 6.07) is 8.10. The van der Waals surface area contributed by atoms with Crippen LogP contribution in [0.15, 0.2) is 24.3 Å². The fraction of sp³-hybridized carbons (Fsp3) is 0.571. The normalized spacial score (nSPS) is 12.4. The van der Waals surface area contributed by atoms with Crippen LogP contribution in [-0.4, -0.2) is 24.4 Å². The van der Waals surface area contributed by atoms with Crippen molar-refractivity contribution in [1.82, 2.24) is 5.32 Å². The number of aliphatic hydroxyl groups excluding tert-OH is 1. The molecule has 0 heterocycles. The molecule has 17 heavy (non-hydrogen) atoms. The monoisotopic (exact) mass is 237 g/mol. The maximum Gasteiger partial charge on any atom is 0.124 e. The van der Waals surface area contributed by atoms with Gasteiger partial charge in [0.25, 0.3) is 0 Å². The molecule has 3 heteroatoms. The highest BCUT2D eigenvalue weighted by molar-refractivity contribution is 5.33. The van der Waals surface area contributed by atoms with Crippen molar-refractivity contribution in [2.45, 2.75) is 39.3 Å². The van der Waals surface area contributed by atoms with E-state index in [1.807, 2.05) is 18.2 Å².